The van der Waals surface area contributed by atoms with E-state index in [1.165, 1.54) is 0 Å². The molecular formula is C3H2F6O. The number of ether oxygens (including phenoxy) is 1. The highest BCUT2D eigenvalue weighted by Crippen LogP contribution is 2.22. The number of rotatable bonds is 2. The summed E-state index contributed by atoms with van der Waals surface area (Å²) in [6, 6.07) is 0. The Labute approximate surface area is 51.6 Å². The van der Waals surface area contributed by atoms with Crippen LogP contribution in [0.3, 0.4) is 0 Å². The maximum absolute atomic E-state index is 11.3. The second-order valence-corrected chi connectivity index (χ2v) is 1.25. The van der Waals surface area contributed by atoms with Gasteiger partial charge in [-0.25, -0.2) is 13.2 Å². The summed E-state index contributed by atoms with van der Waals surface area (Å²) in [5.41, 5.74) is 0. The first-order chi connectivity index (χ1) is 4.33. The van der Waals surface area contributed by atoms with Gasteiger partial charge in [-0.05, 0) is 0 Å². The molecule has 0 radical (unpaired) electrons. The summed E-state index contributed by atoms with van der Waals surface area (Å²) in [6.45, 7) is 0. The Kier molecular flexibility index (Phi) is 2.95. The molecule has 0 rings (SSSR count). The fraction of sp³-hybridized carbons (Fsp3) is 1.00. The molecule has 62 valence electrons. The minimum absolute atomic E-state index is 2.28. The van der Waals surface area contributed by atoms with Gasteiger partial charge >= 0.3 is 6.36 Å². The minimum atomic E-state index is -5.35. The van der Waals surface area contributed by atoms with E-state index in [-0.39, 0.29) is 0 Å². The van der Waals surface area contributed by atoms with E-state index in [1.54, 1.807) is 0 Å². The van der Waals surface area contributed by atoms with Crippen LogP contribution in [0.25, 0.3) is 0 Å². The quantitative estimate of drug-likeness (QED) is 0.573. The highest BCUT2D eigenvalue weighted by Gasteiger charge is 2.37. The minimum Gasteiger partial charge on any atom is -0.251 e. The Hall–Kier alpha value is -0.460. The van der Waals surface area contributed by atoms with E-state index >= 15 is 0 Å². The van der Waals surface area contributed by atoms with Gasteiger partial charge in [0.1, 0.15) is 0 Å². The molecule has 0 aliphatic rings. The van der Waals surface area contributed by atoms with Crippen molar-refractivity contribution in [2.24, 2.45) is 0 Å². The summed E-state index contributed by atoms with van der Waals surface area (Å²) >= 11 is 0. The summed E-state index contributed by atoms with van der Waals surface area (Å²) in [4.78, 5) is 0. The lowest BCUT2D eigenvalue weighted by atomic mass is 10.7. The molecule has 10 heavy (non-hydrogen) atoms. The fourth-order valence-electron chi connectivity index (χ4n) is 0.179. The van der Waals surface area contributed by atoms with Gasteiger partial charge in [0.05, 0.1) is 0 Å². The van der Waals surface area contributed by atoms with E-state index in [0.717, 1.165) is 0 Å². The molecule has 1 nitrogen and oxygen atoms in total. The molecule has 0 N–H and O–H groups in total. The molecule has 0 amide bonds. The molecule has 0 aliphatic carbocycles. The second-order valence-electron chi connectivity index (χ2n) is 1.25. The predicted molar refractivity (Wildman–Crippen MR) is 18.0 cm³/mol. The fourth-order valence-corrected chi connectivity index (χ4v) is 0.179. The average Bonchev–Trinajstić information content (AvgIpc) is 1.60. The van der Waals surface area contributed by atoms with Crippen LogP contribution in [-0.2, 0) is 4.74 Å². The third kappa shape index (κ3) is 4.42. The third-order valence-corrected chi connectivity index (χ3v) is 0.444. The van der Waals surface area contributed by atoms with Gasteiger partial charge in [-0.2, -0.15) is 0 Å². The van der Waals surface area contributed by atoms with E-state index in [1.807, 2.05) is 0 Å². The third-order valence-electron chi connectivity index (χ3n) is 0.444. The lowest BCUT2D eigenvalue weighted by Gasteiger charge is -2.09. The normalized spacial score (nSPS) is 15.9. The van der Waals surface area contributed by atoms with Crippen molar-refractivity contribution < 1.29 is 31.1 Å². The van der Waals surface area contributed by atoms with Crippen LogP contribution in [0.5, 0.6) is 0 Å². The number of halogens is 6. The van der Waals surface area contributed by atoms with E-state index in [4.69, 9.17) is 0 Å². The van der Waals surface area contributed by atoms with Crippen LogP contribution >= 0.6 is 0 Å². The molecule has 0 heterocycles. The smallest absolute Gasteiger partial charge is 0.251 e. The van der Waals surface area contributed by atoms with Gasteiger partial charge in [0.15, 0.2) is 0 Å². The standard InChI is InChI=1S/C3H2F6O/c4-1(5)2(6)10-3(7,8)9/h1-2H/t2-/m0/s1. The first-order valence-electron chi connectivity index (χ1n) is 1.99. The molecule has 0 bridgehead atoms. The van der Waals surface area contributed by atoms with Crippen molar-refractivity contribution in [3.8, 4) is 0 Å². The van der Waals surface area contributed by atoms with Gasteiger partial charge < -0.3 is 0 Å². The van der Waals surface area contributed by atoms with Crippen molar-refractivity contribution in [1.82, 2.24) is 0 Å². The maximum atomic E-state index is 11.3. The van der Waals surface area contributed by atoms with E-state index in [9.17, 15) is 26.3 Å². The molecule has 0 aromatic carbocycles. The van der Waals surface area contributed by atoms with Crippen molar-refractivity contribution in [2.75, 3.05) is 0 Å². The second kappa shape index (κ2) is 3.09. The molecule has 0 aromatic rings. The SMILES string of the molecule is FC(F)[C@@H](F)OC(F)(F)F. The van der Waals surface area contributed by atoms with Crippen LogP contribution in [-0.4, -0.2) is 19.1 Å². The van der Waals surface area contributed by atoms with E-state index in [2.05, 4.69) is 4.74 Å². The molecule has 0 saturated carbocycles. The summed E-state index contributed by atoms with van der Waals surface area (Å²) in [6.07, 6.45) is -12.7. The molecule has 7 heteroatoms. The van der Waals surface area contributed by atoms with Crippen LogP contribution < -0.4 is 0 Å². The Morgan fingerprint density at radius 1 is 1.00 bits per heavy atom. The Morgan fingerprint density at radius 3 is 1.50 bits per heavy atom. The van der Waals surface area contributed by atoms with Crippen LogP contribution in [0, 0.1) is 0 Å². The van der Waals surface area contributed by atoms with Gasteiger partial charge in [0, 0.05) is 0 Å². The van der Waals surface area contributed by atoms with Crippen molar-refractivity contribution in [2.45, 2.75) is 19.1 Å². The summed E-state index contributed by atoms with van der Waals surface area (Å²) in [5.74, 6) is 0. The Bertz CT molecular complexity index is 97.7. The molecule has 0 unspecified atom stereocenters. The van der Waals surface area contributed by atoms with Crippen LogP contribution in [0.1, 0.15) is 0 Å². The van der Waals surface area contributed by atoms with Crippen LogP contribution in [0.15, 0.2) is 0 Å². The van der Waals surface area contributed by atoms with Gasteiger partial charge in [-0.1, -0.05) is 0 Å². The molecule has 0 saturated heterocycles. The molecule has 0 fully saturated rings. The summed E-state index contributed by atoms with van der Waals surface area (Å²) in [7, 11) is 0. The number of alkyl halides is 6. The van der Waals surface area contributed by atoms with Crippen LogP contribution in [0.2, 0.25) is 0 Å². The number of hydrogen-bond donors (Lipinski definition) is 0. The predicted octanol–water partition coefficient (Wildman–Crippen LogP) is 2.08. The molecule has 0 aliphatic heterocycles. The van der Waals surface area contributed by atoms with Gasteiger partial charge in [-0.3, -0.25) is 4.74 Å². The first-order valence-corrected chi connectivity index (χ1v) is 1.99. The van der Waals surface area contributed by atoms with Crippen molar-refractivity contribution >= 4 is 0 Å². The summed E-state index contributed by atoms with van der Waals surface area (Å²) < 4.78 is 68.1. The van der Waals surface area contributed by atoms with Crippen LogP contribution in [0.4, 0.5) is 26.3 Å². The average molecular weight is 168 g/mol. The highest BCUT2D eigenvalue weighted by atomic mass is 19.4. The lowest BCUT2D eigenvalue weighted by molar-refractivity contribution is -0.373. The lowest BCUT2D eigenvalue weighted by Crippen LogP contribution is -2.25. The zero-order chi connectivity index (χ0) is 8.36. The van der Waals surface area contributed by atoms with Crippen molar-refractivity contribution in [3.63, 3.8) is 0 Å². The van der Waals surface area contributed by atoms with E-state index < -0.39 is 19.1 Å². The molecule has 0 aromatic heterocycles. The number of hydrogen-bond acceptors (Lipinski definition) is 1. The van der Waals surface area contributed by atoms with Gasteiger partial charge in [0.25, 0.3) is 12.8 Å². The molecule has 1 atom stereocenters. The Morgan fingerprint density at radius 2 is 1.40 bits per heavy atom. The zero-order valence-electron chi connectivity index (χ0n) is 4.33. The molecular weight excluding hydrogens is 166 g/mol. The monoisotopic (exact) mass is 168 g/mol. The first kappa shape index (κ1) is 9.54. The Balaban J connectivity index is 3.68. The largest absolute Gasteiger partial charge is 0.525 e. The highest BCUT2D eigenvalue weighted by molar-refractivity contribution is 4.43. The zero-order valence-corrected chi connectivity index (χ0v) is 4.33. The van der Waals surface area contributed by atoms with Gasteiger partial charge in [0.2, 0.25) is 0 Å². The van der Waals surface area contributed by atoms with Gasteiger partial charge in [-0.15, -0.1) is 13.2 Å². The van der Waals surface area contributed by atoms with Crippen molar-refractivity contribution in [3.05, 3.63) is 0 Å². The maximum Gasteiger partial charge on any atom is 0.525 e. The molecule has 0 spiro atoms. The topological polar surface area (TPSA) is 9.23 Å². The van der Waals surface area contributed by atoms with E-state index in [0.29, 0.717) is 0 Å². The van der Waals surface area contributed by atoms with Crippen molar-refractivity contribution in [1.29, 1.82) is 0 Å². The summed E-state index contributed by atoms with van der Waals surface area (Å²) in [5, 5.41) is 0.